The van der Waals surface area contributed by atoms with Crippen molar-refractivity contribution in [3.05, 3.63) is 95.9 Å². The maximum absolute atomic E-state index is 14.1. The second-order valence-electron chi connectivity index (χ2n) is 13.3. The topological polar surface area (TPSA) is 149 Å². The minimum absolute atomic E-state index is 0.0550. The zero-order valence-corrected chi connectivity index (χ0v) is 31.1. The Balaban J connectivity index is 1.07. The van der Waals surface area contributed by atoms with Crippen LogP contribution in [0.25, 0.3) is 10.9 Å². The lowest BCUT2D eigenvalue weighted by Gasteiger charge is -2.36. The van der Waals surface area contributed by atoms with Crippen LogP contribution < -0.4 is 14.2 Å². The fraction of sp³-hybridized carbons (Fsp3) is 0.385. The Morgan fingerprint density at radius 1 is 0.963 bits per heavy atom. The number of fused-ring (bicyclic) bond motifs is 2. The van der Waals surface area contributed by atoms with Crippen LogP contribution in [0.15, 0.2) is 89.7 Å². The van der Waals surface area contributed by atoms with E-state index >= 15 is 0 Å². The molecule has 0 saturated carbocycles. The Bertz CT molecular complexity index is 2130. The number of carbonyl (C=O) groups excluding carboxylic acids is 2. The van der Waals surface area contributed by atoms with Gasteiger partial charge in [0.25, 0.3) is 5.91 Å². The highest BCUT2D eigenvalue weighted by Crippen LogP contribution is 2.37. The van der Waals surface area contributed by atoms with Crippen LogP contribution in [0.4, 0.5) is 0 Å². The SMILES string of the molecule is COc1ccc(S(=O)(=O)N(CCO)CCOC2CC(c3cn(C(C)=O)c4ccccc34)C=C(C(=O)N3CCN(Cc4ccc5c(c4)OCO5)CC3)O2)cc1. The summed E-state index contributed by atoms with van der Waals surface area (Å²) >= 11 is 0. The fourth-order valence-electron chi connectivity index (χ4n) is 7.10. The number of amides is 1. The molecule has 1 amide bonds. The Kier molecular flexibility index (Phi) is 11.2. The number of hydrogen-bond acceptors (Lipinski definition) is 11. The Hall–Kier alpha value is -4.93. The Morgan fingerprint density at radius 2 is 1.72 bits per heavy atom. The smallest absolute Gasteiger partial charge is 0.288 e. The molecule has 2 unspecified atom stereocenters. The predicted octanol–water partition coefficient (Wildman–Crippen LogP) is 3.80. The van der Waals surface area contributed by atoms with Gasteiger partial charge in [0.1, 0.15) is 5.75 Å². The summed E-state index contributed by atoms with van der Waals surface area (Å²) in [5.41, 5.74) is 2.70. The minimum Gasteiger partial charge on any atom is -0.497 e. The monoisotopic (exact) mass is 760 g/mol. The lowest BCUT2D eigenvalue weighted by Crippen LogP contribution is -2.49. The van der Waals surface area contributed by atoms with Gasteiger partial charge in [0.15, 0.2) is 17.3 Å². The van der Waals surface area contributed by atoms with Gasteiger partial charge in [0.05, 0.1) is 30.7 Å². The van der Waals surface area contributed by atoms with Gasteiger partial charge in [-0.05, 0) is 59.7 Å². The molecule has 0 spiro atoms. The van der Waals surface area contributed by atoms with Crippen LogP contribution >= 0.6 is 0 Å². The third-order valence-electron chi connectivity index (χ3n) is 9.94. The van der Waals surface area contributed by atoms with Gasteiger partial charge in [-0.3, -0.25) is 19.1 Å². The van der Waals surface area contributed by atoms with Crippen LogP contribution in [0.5, 0.6) is 17.2 Å². The molecule has 7 rings (SSSR count). The summed E-state index contributed by atoms with van der Waals surface area (Å²) in [6.07, 6.45) is 3.03. The number of aromatic nitrogens is 1. The number of para-hydroxylation sites is 1. The van der Waals surface area contributed by atoms with Gasteiger partial charge in [-0.25, -0.2) is 8.42 Å². The second kappa shape index (κ2) is 16.2. The molecule has 4 aromatic rings. The molecule has 3 aromatic carbocycles. The summed E-state index contributed by atoms with van der Waals surface area (Å²) in [5, 5.41) is 10.6. The van der Waals surface area contributed by atoms with E-state index in [9.17, 15) is 23.1 Å². The molecule has 286 valence electrons. The van der Waals surface area contributed by atoms with Gasteiger partial charge in [0.2, 0.25) is 29.0 Å². The van der Waals surface area contributed by atoms with Crippen molar-refractivity contribution < 1.29 is 46.8 Å². The third-order valence-corrected chi connectivity index (χ3v) is 11.9. The van der Waals surface area contributed by atoms with E-state index in [2.05, 4.69) is 4.90 Å². The molecular weight excluding hydrogens is 717 g/mol. The molecule has 1 saturated heterocycles. The highest BCUT2D eigenvalue weighted by molar-refractivity contribution is 7.89. The number of sulfonamides is 1. The van der Waals surface area contributed by atoms with Gasteiger partial charge in [-0.2, -0.15) is 4.31 Å². The van der Waals surface area contributed by atoms with Gasteiger partial charge in [0, 0.05) is 76.7 Å². The lowest BCUT2D eigenvalue weighted by molar-refractivity contribution is -0.153. The molecule has 4 heterocycles. The van der Waals surface area contributed by atoms with Gasteiger partial charge in [-0.1, -0.05) is 24.3 Å². The van der Waals surface area contributed by atoms with Crippen LogP contribution in [-0.2, 0) is 30.8 Å². The molecule has 14 nitrogen and oxygen atoms in total. The fourth-order valence-corrected chi connectivity index (χ4v) is 8.51. The number of carbonyl (C=O) groups is 2. The number of ether oxygens (including phenoxy) is 5. The summed E-state index contributed by atoms with van der Waals surface area (Å²) in [6, 6.07) is 19.5. The third kappa shape index (κ3) is 7.95. The van der Waals surface area contributed by atoms with Crippen molar-refractivity contribution in [2.24, 2.45) is 0 Å². The second-order valence-corrected chi connectivity index (χ2v) is 15.3. The molecule has 0 bridgehead atoms. The molecule has 3 aliphatic heterocycles. The highest BCUT2D eigenvalue weighted by atomic mass is 32.2. The maximum Gasteiger partial charge on any atom is 0.288 e. The van der Waals surface area contributed by atoms with Gasteiger partial charge >= 0.3 is 0 Å². The summed E-state index contributed by atoms with van der Waals surface area (Å²) in [6.45, 7) is 4.06. The van der Waals surface area contributed by atoms with E-state index < -0.39 is 16.3 Å². The Labute approximate surface area is 314 Å². The van der Waals surface area contributed by atoms with Gasteiger partial charge < -0.3 is 33.7 Å². The molecule has 1 N–H and O–H groups in total. The molecule has 0 aliphatic carbocycles. The number of methoxy groups -OCH3 is 1. The molecule has 15 heteroatoms. The summed E-state index contributed by atoms with van der Waals surface area (Å²) in [4.78, 5) is 30.8. The number of rotatable bonds is 13. The zero-order chi connectivity index (χ0) is 37.8. The van der Waals surface area contributed by atoms with E-state index in [1.54, 1.807) is 33.9 Å². The average molecular weight is 761 g/mol. The zero-order valence-electron chi connectivity index (χ0n) is 30.3. The number of allylic oxidation sites excluding steroid dienone is 1. The minimum atomic E-state index is -3.97. The van der Waals surface area contributed by atoms with E-state index in [-0.39, 0.29) is 61.5 Å². The summed E-state index contributed by atoms with van der Waals surface area (Å²) in [7, 11) is -2.47. The van der Waals surface area contributed by atoms with Gasteiger partial charge in [-0.15, -0.1) is 0 Å². The van der Waals surface area contributed by atoms with Crippen molar-refractivity contribution in [2.45, 2.75) is 37.0 Å². The number of aliphatic hydroxyl groups is 1. The van der Waals surface area contributed by atoms with E-state index in [0.29, 0.717) is 44.9 Å². The van der Waals surface area contributed by atoms with Crippen LogP contribution in [0.2, 0.25) is 0 Å². The first-order valence-corrected chi connectivity index (χ1v) is 19.3. The molecule has 1 aromatic heterocycles. The molecule has 54 heavy (non-hydrogen) atoms. The van der Waals surface area contributed by atoms with Crippen LogP contribution in [0.1, 0.15) is 35.2 Å². The maximum atomic E-state index is 14.1. The summed E-state index contributed by atoms with van der Waals surface area (Å²) in [5.74, 6) is 1.37. The molecule has 1 fully saturated rings. The number of aliphatic hydroxyl groups excluding tert-OH is 1. The normalized spacial score (nSPS) is 18.8. The Morgan fingerprint density at radius 3 is 2.46 bits per heavy atom. The van der Waals surface area contributed by atoms with Crippen molar-refractivity contribution in [1.29, 1.82) is 0 Å². The standard InChI is InChI=1S/C39H44N4O10S/c1-27(45)43-25-33(32-5-3-4-6-34(32)43)29-22-37(39(46)41-15-13-40(14-16-41)24-28-7-12-35-36(21-28)52-26-51-35)53-38(23-29)50-20-18-42(17-19-44)54(47,48)31-10-8-30(49-2)9-11-31/h3-12,21-22,25,29,38,44H,13-20,23-24,26H2,1-2H3. The van der Waals surface area contributed by atoms with E-state index in [1.807, 2.05) is 42.5 Å². The van der Waals surface area contributed by atoms with Crippen molar-refractivity contribution >= 4 is 32.7 Å². The average Bonchev–Trinajstić information content (AvgIpc) is 3.83. The lowest BCUT2D eigenvalue weighted by atomic mass is 9.92. The van der Waals surface area contributed by atoms with E-state index in [0.717, 1.165) is 37.8 Å². The molecular formula is C39H44N4O10S. The van der Waals surface area contributed by atoms with Crippen LogP contribution in [0, 0.1) is 0 Å². The number of hydrogen-bond donors (Lipinski definition) is 1. The number of benzene rings is 3. The first kappa shape index (κ1) is 37.4. The molecule has 2 atom stereocenters. The number of nitrogens with zero attached hydrogens (tertiary/aromatic N) is 4. The molecule has 0 radical (unpaired) electrons. The largest absolute Gasteiger partial charge is 0.497 e. The van der Waals surface area contributed by atoms with E-state index in [1.165, 1.54) is 26.2 Å². The molecule has 3 aliphatic rings. The van der Waals surface area contributed by atoms with Crippen LogP contribution in [0.3, 0.4) is 0 Å². The van der Waals surface area contributed by atoms with E-state index in [4.69, 9.17) is 23.7 Å². The van der Waals surface area contributed by atoms with Crippen LogP contribution in [-0.4, -0.2) is 117 Å². The first-order valence-electron chi connectivity index (χ1n) is 17.9. The predicted molar refractivity (Wildman–Crippen MR) is 198 cm³/mol. The van der Waals surface area contributed by atoms with Crippen molar-refractivity contribution in [3.8, 4) is 17.2 Å². The quantitative estimate of drug-likeness (QED) is 0.212. The summed E-state index contributed by atoms with van der Waals surface area (Å²) < 4.78 is 58.3. The first-order chi connectivity index (χ1) is 26.1. The number of piperazine rings is 1. The van der Waals surface area contributed by atoms with Crippen molar-refractivity contribution in [1.82, 2.24) is 18.7 Å². The highest BCUT2D eigenvalue weighted by Gasteiger charge is 2.34. The van der Waals surface area contributed by atoms with Crippen molar-refractivity contribution in [2.75, 3.05) is 66.4 Å². The van der Waals surface area contributed by atoms with Crippen molar-refractivity contribution in [3.63, 3.8) is 0 Å².